The van der Waals surface area contributed by atoms with Crippen LogP contribution in [0.4, 0.5) is 0 Å². The van der Waals surface area contributed by atoms with Crippen molar-refractivity contribution in [3.05, 3.63) is 53.5 Å². The van der Waals surface area contributed by atoms with E-state index in [1.54, 1.807) is 0 Å². The zero-order valence-electron chi connectivity index (χ0n) is 12.2. The Hall–Kier alpha value is -2.07. The molecule has 1 aliphatic rings. The smallest absolute Gasteiger partial charge is 0.134 e. The van der Waals surface area contributed by atoms with Gasteiger partial charge in [0.15, 0.2) is 0 Å². The number of fused-ring (bicyclic) bond motifs is 1. The van der Waals surface area contributed by atoms with E-state index in [9.17, 15) is 0 Å². The fourth-order valence-corrected chi connectivity index (χ4v) is 2.71. The lowest BCUT2D eigenvalue weighted by Crippen LogP contribution is -2.16. The van der Waals surface area contributed by atoms with Gasteiger partial charge in [-0.3, -0.25) is 4.68 Å². The van der Waals surface area contributed by atoms with E-state index in [2.05, 4.69) is 29.5 Å². The molecule has 0 bridgehead atoms. The first-order valence-electron chi connectivity index (χ1n) is 7.52. The molecule has 3 aromatic rings. The molecule has 1 aliphatic carbocycles. The number of nitrogens with zero attached hydrogens (tertiary/aromatic N) is 2. The lowest BCUT2D eigenvalue weighted by molar-refractivity contribution is 0.495. The summed E-state index contributed by atoms with van der Waals surface area (Å²) in [6.07, 6.45) is 4.42. The third-order valence-corrected chi connectivity index (χ3v) is 4.15. The van der Waals surface area contributed by atoms with Crippen molar-refractivity contribution < 1.29 is 4.42 Å². The Balaban J connectivity index is 1.71. The zero-order chi connectivity index (χ0) is 14.2. The standard InChI is InChI=1S/C17H19N3O/c1-12-8-9-19-20(12)11-17-15(10-18-13-6-7-13)14-4-2-3-5-16(14)21-17/h2-5,8-9,13,18H,6-7,10-11H2,1H3. The van der Waals surface area contributed by atoms with Gasteiger partial charge < -0.3 is 9.73 Å². The first kappa shape index (κ1) is 12.7. The Bertz CT molecular complexity index is 767. The van der Waals surface area contributed by atoms with Crippen LogP contribution in [0.25, 0.3) is 11.0 Å². The van der Waals surface area contributed by atoms with E-state index in [1.807, 2.05) is 29.1 Å². The molecule has 21 heavy (non-hydrogen) atoms. The molecule has 1 N–H and O–H groups in total. The van der Waals surface area contributed by atoms with Crippen molar-refractivity contribution in [3.8, 4) is 0 Å². The van der Waals surface area contributed by atoms with Crippen molar-refractivity contribution in [2.75, 3.05) is 0 Å². The number of hydrogen-bond donors (Lipinski definition) is 1. The van der Waals surface area contributed by atoms with Crippen molar-refractivity contribution in [2.45, 2.75) is 38.9 Å². The second kappa shape index (κ2) is 5.04. The Morgan fingerprint density at radius 2 is 2.14 bits per heavy atom. The summed E-state index contributed by atoms with van der Waals surface area (Å²) in [6, 6.07) is 11.0. The Morgan fingerprint density at radius 3 is 2.90 bits per heavy atom. The van der Waals surface area contributed by atoms with Gasteiger partial charge in [0.1, 0.15) is 11.3 Å². The van der Waals surface area contributed by atoms with Gasteiger partial charge in [0, 0.05) is 35.4 Å². The zero-order valence-corrected chi connectivity index (χ0v) is 12.2. The minimum atomic E-state index is 0.690. The van der Waals surface area contributed by atoms with Gasteiger partial charge in [0.25, 0.3) is 0 Å². The maximum absolute atomic E-state index is 6.08. The molecule has 1 saturated carbocycles. The van der Waals surface area contributed by atoms with Crippen LogP contribution in [0.3, 0.4) is 0 Å². The van der Waals surface area contributed by atoms with Crippen molar-refractivity contribution in [2.24, 2.45) is 0 Å². The summed E-state index contributed by atoms with van der Waals surface area (Å²) < 4.78 is 8.06. The van der Waals surface area contributed by atoms with Crippen LogP contribution in [0.1, 0.15) is 29.9 Å². The lowest BCUT2D eigenvalue weighted by atomic mass is 10.1. The molecule has 0 saturated heterocycles. The van der Waals surface area contributed by atoms with E-state index >= 15 is 0 Å². The monoisotopic (exact) mass is 281 g/mol. The quantitative estimate of drug-likeness (QED) is 0.780. The van der Waals surface area contributed by atoms with Crippen LogP contribution in [0.2, 0.25) is 0 Å². The van der Waals surface area contributed by atoms with Crippen molar-refractivity contribution >= 4 is 11.0 Å². The Labute approximate surface area is 123 Å². The molecule has 1 aromatic carbocycles. The van der Waals surface area contributed by atoms with E-state index in [0.717, 1.165) is 23.6 Å². The summed E-state index contributed by atoms with van der Waals surface area (Å²) in [5.74, 6) is 1.01. The van der Waals surface area contributed by atoms with Gasteiger partial charge >= 0.3 is 0 Å². The molecule has 4 rings (SSSR count). The summed E-state index contributed by atoms with van der Waals surface area (Å²) in [7, 11) is 0. The van der Waals surface area contributed by atoms with Crippen LogP contribution in [0.5, 0.6) is 0 Å². The lowest BCUT2D eigenvalue weighted by Gasteiger charge is -2.06. The Morgan fingerprint density at radius 1 is 1.29 bits per heavy atom. The summed E-state index contributed by atoms with van der Waals surface area (Å²) in [4.78, 5) is 0. The van der Waals surface area contributed by atoms with Gasteiger partial charge in [0.05, 0.1) is 6.54 Å². The molecule has 2 aromatic heterocycles. The van der Waals surface area contributed by atoms with Gasteiger partial charge in [-0.1, -0.05) is 18.2 Å². The fourth-order valence-electron chi connectivity index (χ4n) is 2.71. The maximum Gasteiger partial charge on any atom is 0.134 e. The van der Waals surface area contributed by atoms with E-state index in [4.69, 9.17) is 4.42 Å². The second-order valence-corrected chi connectivity index (χ2v) is 5.79. The minimum absolute atomic E-state index is 0.690. The van der Waals surface area contributed by atoms with E-state index < -0.39 is 0 Å². The van der Waals surface area contributed by atoms with E-state index in [0.29, 0.717) is 12.6 Å². The molecule has 2 heterocycles. The number of benzene rings is 1. The maximum atomic E-state index is 6.08. The van der Waals surface area contributed by atoms with E-state index in [-0.39, 0.29) is 0 Å². The Kier molecular flexibility index (Phi) is 3.04. The number of aromatic nitrogens is 2. The van der Waals surface area contributed by atoms with Crippen LogP contribution in [0, 0.1) is 6.92 Å². The molecule has 0 spiro atoms. The normalized spacial score (nSPS) is 14.9. The number of furan rings is 1. The molecular weight excluding hydrogens is 262 g/mol. The van der Waals surface area contributed by atoms with Crippen molar-refractivity contribution in [1.82, 2.24) is 15.1 Å². The molecule has 0 amide bonds. The number of aryl methyl sites for hydroxylation is 1. The predicted octanol–water partition coefficient (Wildman–Crippen LogP) is 3.24. The summed E-state index contributed by atoms with van der Waals surface area (Å²) in [6.45, 7) is 3.63. The molecule has 0 atom stereocenters. The first-order chi connectivity index (χ1) is 10.3. The number of rotatable bonds is 5. The molecule has 1 fully saturated rings. The van der Waals surface area contributed by atoms with Crippen LogP contribution < -0.4 is 5.32 Å². The summed E-state index contributed by atoms with van der Waals surface area (Å²) in [5.41, 5.74) is 3.38. The SMILES string of the molecule is Cc1ccnn1Cc1oc2ccccc2c1CNC1CC1. The highest BCUT2D eigenvalue weighted by molar-refractivity contribution is 5.82. The molecule has 0 aliphatic heterocycles. The third-order valence-electron chi connectivity index (χ3n) is 4.15. The van der Waals surface area contributed by atoms with Gasteiger partial charge in [-0.15, -0.1) is 0 Å². The highest BCUT2D eigenvalue weighted by atomic mass is 16.3. The van der Waals surface area contributed by atoms with Crippen LogP contribution >= 0.6 is 0 Å². The average molecular weight is 281 g/mol. The average Bonchev–Trinajstić information content (AvgIpc) is 3.14. The van der Waals surface area contributed by atoms with Gasteiger partial charge in [-0.05, 0) is 31.9 Å². The third kappa shape index (κ3) is 2.47. The largest absolute Gasteiger partial charge is 0.459 e. The molecule has 4 nitrogen and oxygen atoms in total. The molecule has 0 radical (unpaired) electrons. The number of para-hydroxylation sites is 1. The van der Waals surface area contributed by atoms with Gasteiger partial charge in [-0.25, -0.2) is 0 Å². The topological polar surface area (TPSA) is 43.0 Å². The molecule has 108 valence electrons. The van der Waals surface area contributed by atoms with Crippen LogP contribution in [-0.2, 0) is 13.1 Å². The van der Waals surface area contributed by atoms with Crippen molar-refractivity contribution in [1.29, 1.82) is 0 Å². The summed E-state index contributed by atoms with van der Waals surface area (Å²) in [5, 5.41) is 9.18. The van der Waals surface area contributed by atoms with Crippen molar-refractivity contribution in [3.63, 3.8) is 0 Å². The summed E-state index contributed by atoms with van der Waals surface area (Å²) >= 11 is 0. The predicted molar refractivity (Wildman–Crippen MR) is 82.1 cm³/mol. The van der Waals surface area contributed by atoms with Gasteiger partial charge in [-0.2, -0.15) is 5.10 Å². The first-order valence-corrected chi connectivity index (χ1v) is 7.52. The molecule has 0 unspecified atom stereocenters. The van der Waals surface area contributed by atoms with E-state index in [1.165, 1.54) is 23.8 Å². The van der Waals surface area contributed by atoms with Crippen LogP contribution in [-0.4, -0.2) is 15.8 Å². The second-order valence-electron chi connectivity index (χ2n) is 5.79. The van der Waals surface area contributed by atoms with Gasteiger partial charge in [0.2, 0.25) is 0 Å². The molecular formula is C17H19N3O. The van der Waals surface area contributed by atoms with Crippen LogP contribution in [0.15, 0.2) is 40.9 Å². The minimum Gasteiger partial charge on any atom is -0.459 e. The highest BCUT2D eigenvalue weighted by Gasteiger charge is 2.22. The fraction of sp³-hybridized carbons (Fsp3) is 0.353. The molecule has 4 heteroatoms. The number of nitrogens with one attached hydrogen (secondary N) is 1. The highest BCUT2D eigenvalue weighted by Crippen LogP contribution is 2.28. The number of hydrogen-bond acceptors (Lipinski definition) is 3.